The first kappa shape index (κ1) is 17.2. The van der Waals surface area contributed by atoms with Crippen molar-refractivity contribution in [3.8, 4) is 0 Å². The lowest BCUT2D eigenvalue weighted by Gasteiger charge is -2.37. The Morgan fingerprint density at radius 2 is 2.27 bits per heavy atom. The summed E-state index contributed by atoms with van der Waals surface area (Å²) in [4.78, 5) is 21.1. The lowest BCUT2D eigenvalue weighted by molar-refractivity contribution is -0.0173. The quantitative estimate of drug-likeness (QED) is 0.834. The summed E-state index contributed by atoms with van der Waals surface area (Å²) in [6, 6.07) is 5.78. The molecule has 0 bridgehead atoms. The number of ether oxygens (including phenoxy) is 1. The zero-order chi connectivity index (χ0) is 17.9. The van der Waals surface area contributed by atoms with E-state index in [-0.39, 0.29) is 12.0 Å². The smallest absolute Gasteiger partial charge is 0.276 e. The Kier molecular flexibility index (Phi) is 4.99. The molecule has 0 N–H and O–H groups in total. The van der Waals surface area contributed by atoms with Gasteiger partial charge in [-0.1, -0.05) is 11.2 Å². The number of likely N-dealkylation sites (tertiary alicyclic amines) is 1. The van der Waals surface area contributed by atoms with Crippen LogP contribution in [0, 0.1) is 12.8 Å². The van der Waals surface area contributed by atoms with Crippen LogP contribution < -0.4 is 0 Å². The average molecular weight is 356 g/mol. The van der Waals surface area contributed by atoms with Crippen LogP contribution in [0.3, 0.4) is 0 Å². The van der Waals surface area contributed by atoms with E-state index in [2.05, 4.69) is 21.1 Å². The molecule has 0 radical (unpaired) electrons. The minimum Gasteiger partial charge on any atom is -0.375 e. The van der Waals surface area contributed by atoms with Gasteiger partial charge in [0, 0.05) is 57.1 Å². The molecule has 0 unspecified atom stereocenters. The summed E-state index contributed by atoms with van der Waals surface area (Å²) in [7, 11) is 0. The van der Waals surface area contributed by atoms with Crippen molar-refractivity contribution in [1.82, 2.24) is 19.9 Å². The van der Waals surface area contributed by atoms with E-state index in [1.807, 2.05) is 17.2 Å². The second-order valence-electron chi connectivity index (χ2n) is 7.13. The molecule has 0 saturated carbocycles. The molecule has 0 spiro atoms. The molecule has 2 fully saturated rings. The predicted molar refractivity (Wildman–Crippen MR) is 94.5 cm³/mol. The fourth-order valence-corrected chi connectivity index (χ4v) is 3.83. The van der Waals surface area contributed by atoms with Gasteiger partial charge in [-0.05, 0) is 25.0 Å². The van der Waals surface area contributed by atoms with Gasteiger partial charge in [0.15, 0.2) is 5.69 Å². The molecule has 7 nitrogen and oxygen atoms in total. The minimum absolute atomic E-state index is 0.0691. The summed E-state index contributed by atoms with van der Waals surface area (Å²) in [5.41, 5.74) is 1.60. The summed E-state index contributed by atoms with van der Waals surface area (Å²) in [5.74, 6) is 1.03. The monoisotopic (exact) mass is 356 g/mol. The van der Waals surface area contributed by atoms with E-state index in [0.717, 1.165) is 32.6 Å². The van der Waals surface area contributed by atoms with Gasteiger partial charge in [0.25, 0.3) is 5.91 Å². The van der Waals surface area contributed by atoms with Crippen molar-refractivity contribution in [2.24, 2.45) is 5.92 Å². The van der Waals surface area contributed by atoms with Crippen molar-refractivity contribution < 1.29 is 14.1 Å². The van der Waals surface area contributed by atoms with Crippen molar-refractivity contribution >= 4 is 5.91 Å². The van der Waals surface area contributed by atoms with Crippen LogP contribution in [-0.2, 0) is 11.3 Å². The van der Waals surface area contributed by atoms with Gasteiger partial charge in [0.1, 0.15) is 5.76 Å². The molecular weight excluding hydrogens is 332 g/mol. The Balaban J connectivity index is 1.38. The number of aromatic nitrogens is 2. The van der Waals surface area contributed by atoms with Crippen LogP contribution in [0.5, 0.6) is 0 Å². The van der Waals surface area contributed by atoms with Gasteiger partial charge < -0.3 is 14.2 Å². The Morgan fingerprint density at radius 3 is 3.04 bits per heavy atom. The van der Waals surface area contributed by atoms with Gasteiger partial charge in [-0.25, -0.2) is 0 Å². The third kappa shape index (κ3) is 3.78. The summed E-state index contributed by atoms with van der Waals surface area (Å²) < 4.78 is 11.1. The maximum atomic E-state index is 12.6. The molecule has 0 aliphatic carbocycles. The number of piperidine rings is 1. The van der Waals surface area contributed by atoms with E-state index in [1.54, 1.807) is 19.2 Å². The van der Waals surface area contributed by atoms with Crippen molar-refractivity contribution in [3.05, 3.63) is 47.6 Å². The van der Waals surface area contributed by atoms with Crippen LogP contribution in [0.4, 0.5) is 0 Å². The van der Waals surface area contributed by atoms with Crippen molar-refractivity contribution in [2.75, 3.05) is 32.8 Å². The molecular formula is C19H24N4O3. The highest BCUT2D eigenvalue weighted by molar-refractivity contribution is 5.92. The molecule has 0 aromatic carbocycles. The van der Waals surface area contributed by atoms with Crippen molar-refractivity contribution in [2.45, 2.75) is 26.0 Å². The number of rotatable bonds is 3. The first-order valence-corrected chi connectivity index (χ1v) is 9.14. The Hall–Kier alpha value is -2.25. The van der Waals surface area contributed by atoms with Crippen LogP contribution in [0.2, 0.25) is 0 Å². The Labute approximate surface area is 152 Å². The van der Waals surface area contributed by atoms with E-state index in [4.69, 9.17) is 9.26 Å². The maximum absolute atomic E-state index is 12.6. The molecule has 2 aliphatic heterocycles. The van der Waals surface area contributed by atoms with Crippen molar-refractivity contribution in [1.29, 1.82) is 0 Å². The zero-order valence-corrected chi connectivity index (χ0v) is 15.0. The molecule has 138 valence electrons. The number of hydrogen-bond acceptors (Lipinski definition) is 6. The molecule has 4 heterocycles. The van der Waals surface area contributed by atoms with Gasteiger partial charge in [0.05, 0.1) is 12.7 Å². The summed E-state index contributed by atoms with van der Waals surface area (Å²) in [6.45, 7) is 6.62. The highest BCUT2D eigenvalue weighted by atomic mass is 16.5. The predicted octanol–water partition coefficient (Wildman–Crippen LogP) is 1.74. The lowest BCUT2D eigenvalue weighted by Crippen LogP contribution is -2.49. The average Bonchev–Trinajstić information content (AvgIpc) is 2.99. The van der Waals surface area contributed by atoms with E-state index >= 15 is 0 Å². The number of pyridine rings is 1. The van der Waals surface area contributed by atoms with Crippen molar-refractivity contribution in [3.63, 3.8) is 0 Å². The van der Waals surface area contributed by atoms with Gasteiger partial charge >= 0.3 is 0 Å². The standard InChI is InChI=1S/C19H24N4O3/c1-14-9-17(21-26-14)19(24)23-6-4-16-12-22(7-8-25-18(16)13-23)11-15-3-2-5-20-10-15/h2-3,5,9-10,16,18H,4,6-8,11-13H2,1H3/t16-,18-/m1/s1. The summed E-state index contributed by atoms with van der Waals surface area (Å²) in [5, 5.41) is 3.85. The molecule has 7 heteroatoms. The molecule has 4 rings (SSSR count). The van der Waals surface area contributed by atoms with E-state index in [9.17, 15) is 4.79 Å². The zero-order valence-electron chi connectivity index (χ0n) is 15.0. The van der Waals surface area contributed by atoms with Crippen LogP contribution in [0.15, 0.2) is 35.1 Å². The highest BCUT2D eigenvalue weighted by Gasteiger charge is 2.35. The molecule has 2 saturated heterocycles. The SMILES string of the molecule is Cc1cc(C(=O)N2CC[C@@H]3CN(Cc4cccnc4)CCO[C@@H]3C2)no1. The number of aryl methyl sites for hydroxylation is 1. The van der Waals surface area contributed by atoms with Crippen LogP contribution in [0.1, 0.15) is 28.2 Å². The van der Waals surface area contributed by atoms with Gasteiger partial charge in [-0.2, -0.15) is 0 Å². The normalized spacial score (nSPS) is 24.1. The fourth-order valence-electron chi connectivity index (χ4n) is 3.83. The second-order valence-corrected chi connectivity index (χ2v) is 7.13. The molecule has 2 atom stereocenters. The van der Waals surface area contributed by atoms with Gasteiger partial charge in [0.2, 0.25) is 0 Å². The number of amides is 1. The molecule has 26 heavy (non-hydrogen) atoms. The lowest BCUT2D eigenvalue weighted by atomic mass is 9.93. The molecule has 1 amide bonds. The number of nitrogens with zero attached hydrogens (tertiary/aromatic N) is 4. The summed E-state index contributed by atoms with van der Waals surface area (Å²) >= 11 is 0. The maximum Gasteiger partial charge on any atom is 0.276 e. The third-order valence-corrected chi connectivity index (χ3v) is 5.19. The number of hydrogen-bond donors (Lipinski definition) is 0. The highest BCUT2D eigenvalue weighted by Crippen LogP contribution is 2.25. The topological polar surface area (TPSA) is 71.7 Å². The first-order chi connectivity index (χ1) is 12.7. The fraction of sp³-hybridized carbons (Fsp3) is 0.526. The van der Waals surface area contributed by atoms with E-state index in [0.29, 0.717) is 30.5 Å². The number of carbonyl (C=O) groups excluding carboxylic acids is 1. The van der Waals surface area contributed by atoms with Gasteiger partial charge in [-0.3, -0.25) is 14.7 Å². The van der Waals surface area contributed by atoms with E-state index in [1.165, 1.54) is 5.56 Å². The second kappa shape index (κ2) is 7.55. The number of fused-ring (bicyclic) bond motifs is 1. The van der Waals surface area contributed by atoms with Crippen LogP contribution in [0.25, 0.3) is 0 Å². The van der Waals surface area contributed by atoms with Gasteiger partial charge in [-0.15, -0.1) is 0 Å². The third-order valence-electron chi connectivity index (χ3n) is 5.19. The van der Waals surface area contributed by atoms with Crippen LogP contribution >= 0.6 is 0 Å². The summed E-state index contributed by atoms with van der Waals surface area (Å²) in [6.07, 6.45) is 4.75. The number of carbonyl (C=O) groups is 1. The van der Waals surface area contributed by atoms with E-state index < -0.39 is 0 Å². The Morgan fingerprint density at radius 1 is 1.35 bits per heavy atom. The Bertz CT molecular complexity index is 748. The largest absolute Gasteiger partial charge is 0.375 e. The minimum atomic E-state index is -0.0691. The van der Waals surface area contributed by atoms with Crippen LogP contribution in [-0.4, -0.2) is 64.7 Å². The molecule has 2 aliphatic rings. The molecule has 2 aromatic heterocycles. The molecule has 2 aromatic rings. The first-order valence-electron chi connectivity index (χ1n) is 9.14.